The molecule has 0 unspecified atom stereocenters. The molecule has 0 atom stereocenters. The van der Waals surface area contributed by atoms with Gasteiger partial charge in [-0.1, -0.05) is 36.8 Å². The number of carbonyl (C=O) groups is 1. The zero-order chi connectivity index (χ0) is 18.8. The normalized spacial score (nSPS) is 11.3. The molecule has 0 aliphatic heterocycles. The highest BCUT2D eigenvalue weighted by molar-refractivity contribution is 7.18. The van der Waals surface area contributed by atoms with E-state index in [-0.39, 0.29) is 18.1 Å². The van der Waals surface area contributed by atoms with Gasteiger partial charge in [0.15, 0.2) is 0 Å². The molecule has 0 radical (unpaired) electrons. The van der Waals surface area contributed by atoms with Crippen LogP contribution in [0.4, 0.5) is 0 Å². The molecule has 3 aromatic rings. The molecule has 5 nitrogen and oxygen atoms in total. The van der Waals surface area contributed by atoms with Gasteiger partial charge >= 0.3 is 0 Å². The van der Waals surface area contributed by atoms with Crippen LogP contribution in [0.25, 0.3) is 10.3 Å². The maximum Gasteiger partial charge on any atom is 0.232 e. The number of fused-ring (bicyclic) bond motifs is 1. The van der Waals surface area contributed by atoms with Crippen molar-refractivity contribution in [1.29, 1.82) is 0 Å². The number of ether oxygens (including phenoxy) is 1. The summed E-state index contributed by atoms with van der Waals surface area (Å²) in [6, 6.07) is 1.72. The molecule has 0 aliphatic rings. The number of hydrogen-bond acceptors (Lipinski definition) is 6. The van der Waals surface area contributed by atoms with Gasteiger partial charge in [0.1, 0.15) is 21.2 Å². The van der Waals surface area contributed by atoms with Crippen LogP contribution in [0, 0.1) is 6.92 Å². The molecule has 0 N–H and O–H groups in total. The molecule has 3 rings (SSSR count). The van der Waals surface area contributed by atoms with Crippen LogP contribution in [0.1, 0.15) is 41.5 Å². The highest BCUT2D eigenvalue weighted by Gasteiger charge is 2.18. The summed E-state index contributed by atoms with van der Waals surface area (Å²) in [5.74, 6) is 0.712. The Morgan fingerprint density at radius 1 is 1.27 bits per heavy atom. The van der Waals surface area contributed by atoms with Gasteiger partial charge in [0.05, 0.1) is 12.1 Å². The van der Waals surface area contributed by atoms with Crippen molar-refractivity contribution in [2.45, 2.75) is 39.5 Å². The first-order chi connectivity index (χ1) is 12.4. The van der Waals surface area contributed by atoms with E-state index in [1.807, 2.05) is 13.1 Å². The van der Waals surface area contributed by atoms with Crippen molar-refractivity contribution in [2.24, 2.45) is 0 Å². The third-order valence-corrected chi connectivity index (χ3v) is 5.23. The fourth-order valence-electron chi connectivity index (χ4n) is 3.04. The number of thiazole rings is 1. The second-order valence-electron chi connectivity index (χ2n) is 6.47. The van der Waals surface area contributed by atoms with Crippen molar-refractivity contribution in [3.8, 4) is 5.88 Å². The van der Waals surface area contributed by atoms with Gasteiger partial charge < -0.3 is 4.74 Å². The number of carbonyl (C=O) groups excluding carboxylic acids is 1. The third-order valence-electron chi connectivity index (χ3n) is 4.08. The van der Waals surface area contributed by atoms with Gasteiger partial charge in [-0.25, -0.2) is 15.0 Å². The van der Waals surface area contributed by atoms with Gasteiger partial charge in [-0.15, -0.1) is 0 Å². The lowest BCUT2D eigenvalue weighted by Gasteiger charge is -2.13. The minimum Gasteiger partial charge on any atom is -0.480 e. The molecule has 26 heavy (non-hydrogen) atoms. The number of Topliss-reactive ketones (excluding diaryl/α,β-unsaturated/α-hetero) is 1. The number of aromatic nitrogens is 3. The van der Waals surface area contributed by atoms with Crippen LogP contribution in [-0.2, 0) is 17.6 Å². The van der Waals surface area contributed by atoms with Gasteiger partial charge in [0, 0.05) is 25.2 Å². The number of pyridine rings is 2. The lowest BCUT2D eigenvalue weighted by atomic mass is 9.94. The molecule has 0 aliphatic carbocycles. The predicted octanol–water partition coefficient (Wildman–Crippen LogP) is 4.53. The summed E-state index contributed by atoms with van der Waals surface area (Å²) in [5.41, 5.74) is 3.74. The average Bonchev–Trinajstić information content (AvgIpc) is 2.94. The second-order valence-corrected chi connectivity index (χ2v) is 8.05. The standard InChI is InChI=1S/C19H20ClN3O2S/c1-10(2)16-13(9-22-19-17(16)23-11(3)26-19)7-14(24)5-12-6-15(20)18(25-4)21-8-12/h6,8-10H,5,7H2,1-4H3. The average molecular weight is 390 g/mol. The maximum atomic E-state index is 12.6. The van der Waals surface area contributed by atoms with E-state index in [2.05, 4.69) is 28.8 Å². The molecule has 7 heteroatoms. The minimum absolute atomic E-state index is 0.0861. The molecule has 0 saturated heterocycles. The zero-order valence-electron chi connectivity index (χ0n) is 15.2. The lowest BCUT2D eigenvalue weighted by Crippen LogP contribution is -2.10. The summed E-state index contributed by atoms with van der Waals surface area (Å²) in [6.07, 6.45) is 4.02. The maximum absolute atomic E-state index is 12.6. The van der Waals surface area contributed by atoms with Crippen LogP contribution >= 0.6 is 22.9 Å². The Morgan fingerprint density at radius 2 is 2.04 bits per heavy atom. The molecule has 3 heterocycles. The summed E-state index contributed by atoms with van der Waals surface area (Å²) in [4.78, 5) is 26.8. The van der Waals surface area contributed by atoms with Gasteiger partial charge in [0.2, 0.25) is 5.88 Å². The molecule has 0 aromatic carbocycles. The van der Waals surface area contributed by atoms with Crippen LogP contribution in [0.5, 0.6) is 5.88 Å². The quantitative estimate of drug-likeness (QED) is 0.619. The van der Waals surface area contributed by atoms with Crippen molar-refractivity contribution in [1.82, 2.24) is 15.0 Å². The van der Waals surface area contributed by atoms with E-state index >= 15 is 0 Å². The van der Waals surface area contributed by atoms with Crippen molar-refractivity contribution in [2.75, 3.05) is 7.11 Å². The highest BCUT2D eigenvalue weighted by atomic mass is 35.5. The van der Waals surface area contributed by atoms with Crippen LogP contribution in [0.2, 0.25) is 5.02 Å². The smallest absolute Gasteiger partial charge is 0.232 e. The zero-order valence-corrected chi connectivity index (χ0v) is 16.7. The Hall–Kier alpha value is -2.05. The van der Waals surface area contributed by atoms with E-state index in [1.54, 1.807) is 23.6 Å². The largest absolute Gasteiger partial charge is 0.480 e. The summed E-state index contributed by atoms with van der Waals surface area (Å²) in [6.45, 7) is 6.21. The number of nitrogens with zero attached hydrogens (tertiary/aromatic N) is 3. The molecular formula is C19H20ClN3O2S. The topological polar surface area (TPSA) is 65.0 Å². The molecule has 3 aromatic heterocycles. The first kappa shape index (κ1) is 18.7. The summed E-state index contributed by atoms with van der Waals surface area (Å²) in [7, 11) is 1.51. The summed E-state index contributed by atoms with van der Waals surface area (Å²) < 4.78 is 5.04. The highest BCUT2D eigenvalue weighted by Crippen LogP contribution is 2.31. The van der Waals surface area contributed by atoms with E-state index < -0.39 is 0 Å². The van der Waals surface area contributed by atoms with Crippen LogP contribution in [0.3, 0.4) is 0 Å². The number of halogens is 1. The van der Waals surface area contributed by atoms with E-state index in [9.17, 15) is 4.79 Å². The fraction of sp³-hybridized carbons (Fsp3) is 0.368. The SMILES string of the molecule is COc1ncc(CC(=O)Cc2cnc3sc(C)nc3c2C(C)C)cc1Cl. The van der Waals surface area contributed by atoms with Crippen LogP contribution < -0.4 is 4.74 Å². The van der Waals surface area contributed by atoms with Crippen LogP contribution in [-0.4, -0.2) is 27.8 Å². The Morgan fingerprint density at radius 3 is 2.69 bits per heavy atom. The van der Waals surface area contributed by atoms with E-state index in [0.29, 0.717) is 17.3 Å². The fourth-order valence-corrected chi connectivity index (χ4v) is 4.08. The molecular weight excluding hydrogens is 370 g/mol. The third kappa shape index (κ3) is 3.86. The van der Waals surface area contributed by atoms with E-state index in [1.165, 1.54) is 7.11 Å². The van der Waals surface area contributed by atoms with Gasteiger partial charge in [-0.05, 0) is 35.6 Å². The summed E-state index contributed by atoms with van der Waals surface area (Å²) >= 11 is 7.67. The molecule has 0 saturated carbocycles. The number of rotatable bonds is 6. The molecule has 0 amide bonds. The number of ketones is 1. The van der Waals surface area contributed by atoms with E-state index in [0.717, 1.165) is 32.0 Å². The Bertz CT molecular complexity index is 969. The van der Waals surface area contributed by atoms with E-state index in [4.69, 9.17) is 16.3 Å². The Kier molecular flexibility index (Phi) is 5.53. The Labute approximate surface area is 161 Å². The first-order valence-corrected chi connectivity index (χ1v) is 9.53. The molecule has 0 bridgehead atoms. The van der Waals surface area contributed by atoms with Crippen LogP contribution in [0.15, 0.2) is 18.5 Å². The Balaban J connectivity index is 1.85. The van der Waals surface area contributed by atoms with Gasteiger partial charge in [-0.3, -0.25) is 4.79 Å². The van der Waals surface area contributed by atoms with Gasteiger partial charge in [-0.2, -0.15) is 0 Å². The monoisotopic (exact) mass is 389 g/mol. The number of aryl methyl sites for hydroxylation is 1. The van der Waals surface area contributed by atoms with Crippen molar-refractivity contribution in [3.63, 3.8) is 0 Å². The van der Waals surface area contributed by atoms with Crippen molar-refractivity contribution in [3.05, 3.63) is 45.2 Å². The van der Waals surface area contributed by atoms with Crippen molar-refractivity contribution < 1.29 is 9.53 Å². The predicted molar refractivity (Wildman–Crippen MR) is 104 cm³/mol. The van der Waals surface area contributed by atoms with Gasteiger partial charge in [0.25, 0.3) is 0 Å². The summed E-state index contributed by atoms with van der Waals surface area (Å²) in [5, 5.41) is 1.39. The number of methoxy groups -OCH3 is 1. The molecule has 0 fully saturated rings. The molecule has 136 valence electrons. The molecule has 0 spiro atoms. The minimum atomic E-state index is 0.0861. The first-order valence-electron chi connectivity index (χ1n) is 8.34. The number of hydrogen-bond donors (Lipinski definition) is 0. The van der Waals surface area contributed by atoms with Crippen molar-refractivity contribution >= 4 is 39.1 Å². The lowest BCUT2D eigenvalue weighted by molar-refractivity contribution is -0.117. The second kappa shape index (κ2) is 7.68.